The molecule has 0 saturated heterocycles. The van der Waals surface area contributed by atoms with Crippen LogP contribution in [0.1, 0.15) is 353 Å². The number of nitrogens with two attached hydrogens (primary N) is 1. The van der Waals surface area contributed by atoms with Crippen molar-refractivity contribution in [3.05, 3.63) is 35.4 Å². The Labute approximate surface area is 425 Å². The standard InChI is InChI=1S/C38H80N.C27H49N/c1-5-7-9-11-13-15-17-19-21-23-25-27-29-31-33-35-37-39(3,4)38-36-34-32-30-28-26-24-22-20-18-16-14-12-10-8-6-2;1-4-5-6-7-8-9-10-11-12-13-14-15-16-17-18-21-24-27(3,28)26-23-20-19-22-25(26)2/h5-38H2,1-4H3;19-20,22-23H,4-18,21,24,28H2,1-3H3/q+1;. The Hall–Kier alpha value is -0.860. The van der Waals surface area contributed by atoms with E-state index < -0.39 is 0 Å². The van der Waals surface area contributed by atoms with Crippen LogP contribution in [0.3, 0.4) is 0 Å². The Kier molecular flexibility index (Phi) is 50.8. The van der Waals surface area contributed by atoms with Crippen LogP contribution in [0.25, 0.3) is 0 Å². The van der Waals surface area contributed by atoms with Crippen LogP contribution in [-0.4, -0.2) is 31.7 Å². The molecule has 0 aromatic heterocycles. The van der Waals surface area contributed by atoms with Gasteiger partial charge in [0.15, 0.2) is 0 Å². The Balaban J connectivity index is 0.00000137. The average Bonchev–Trinajstić information content (AvgIpc) is 3.31. The molecular weight excluding hydrogens is 809 g/mol. The topological polar surface area (TPSA) is 26.0 Å². The molecule has 2 N–H and O–H groups in total. The molecule has 1 unspecified atom stereocenters. The molecule has 0 heterocycles. The maximum Gasteiger partial charge on any atom is 0.0782 e. The quantitative estimate of drug-likeness (QED) is 0.0511. The van der Waals surface area contributed by atoms with E-state index in [4.69, 9.17) is 5.73 Å². The van der Waals surface area contributed by atoms with Crippen molar-refractivity contribution >= 4 is 0 Å². The van der Waals surface area contributed by atoms with Crippen LogP contribution in [0, 0.1) is 6.92 Å². The van der Waals surface area contributed by atoms with E-state index in [9.17, 15) is 0 Å². The minimum absolute atomic E-state index is 0.179. The second kappa shape index (κ2) is 51.5. The van der Waals surface area contributed by atoms with E-state index in [0.717, 1.165) is 6.42 Å². The lowest BCUT2D eigenvalue weighted by Crippen LogP contribution is -2.41. The summed E-state index contributed by atoms with van der Waals surface area (Å²) in [5, 5.41) is 0. The van der Waals surface area contributed by atoms with Crippen molar-refractivity contribution in [2.75, 3.05) is 27.2 Å². The molecule has 1 aromatic rings. The first-order chi connectivity index (χ1) is 32.7. The van der Waals surface area contributed by atoms with Gasteiger partial charge in [0.2, 0.25) is 0 Å². The zero-order valence-corrected chi connectivity index (χ0v) is 47.9. The summed E-state index contributed by atoms with van der Waals surface area (Å²) in [6, 6.07) is 8.58. The van der Waals surface area contributed by atoms with Gasteiger partial charge in [-0.3, -0.25) is 0 Å². The first-order valence-electron chi connectivity index (χ1n) is 31.4. The third kappa shape index (κ3) is 48.5. The minimum atomic E-state index is -0.179. The highest BCUT2D eigenvalue weighted by molar-refractivity contribution is 5.31. The van der Waals surface area contributed by atoms with Crippen molar-refractivity contribution in [1.29, 1.82) is 0 Å². The predicted octanol–water partition coefficient (Wildman–Crippen LogP) is 22.4. The van der Waals surface area contributed by atoms with Gasteiger partial charge in [0.25, 0.3) is 0 Å². The number of unbranched alkanes of at least 4 members (excludes halogenated alkanes) is 45. The molecule has 1 rings (SSSR count). The number of rotatable bonds is 52. The van der Waals surface area contributed by atoms with E-state index >= 15 is 0 Å². The Bertz CT molecular complexity index is 1040. The smallest absolute Gasteiger partial charge is 0.0782 e. The average molecular weight is 939 g/mol. The molecule has 0 aliphatic carbocycles. The van der Waals surface area contributed by atoms with Crippen LogP contribution in [0.5, 0.6) is 0 Å². The zero-order chi connectivity index (χ0) is 49.0. The highest BCUT2D eigenvalue weighted by atomic mass is 15.3. The number of hydrogen-bond acceptors (Lipinski definition) is 1. The molecule has 0 aliphatic rings. The maximum atomic E-state index is 6.60. The van der Waals surface area contributed by atoms with Crippen LogP contribution >= 0.6 is 0 Å². The van der Waals surface area contributed by atoms with Crippen LogP contribution in [-0.2, 0) is 5.54 Å². The number of quaternary nitrogens is 1. The van der Waals surface area contributed by atoms with E-state index in [-0.39, 0.29) is 5.54 Å². The third-order valence-corrected chi connectivity index (χ3v) is 15.5. The molecule has 0 aliphatic heterocycles. The normalized spacial score (nSPS) is 12.7. The highest BCUT2D eigenvalue weighted by Gasteiger charge is 2.22. The molecule has 2 nitrogen and oxygen atoms in total. The fraction of sp³-hybridized carbons (Fsp3) is 0.908. The molecule has 2 heteroatoms. The van der Waals surface area contributed by atoms with Crippen molar-refractivity contribution in [2.45, 2.75) is 355 Å². The summed E-state index contributed by atoms with van der Waals surface area (Å²) in [6.07, 6.45) is 70.7. The van der Waals surface area contributed by atoms with Gasteiger partial charge < -0.3 is 10.2 Å². The number of benzene rings is 1. The highest BCUT2D eigenvalue weighted by Crippen LogP contribution is 2.27. The molecule has 398 valence electrons. The minimum Gasteiger partial charge on any atom is -0.328 e. The molecule has 0 amide bonds. The molecule has 0 bridgehead atoms. The summed E-state index contributed by atoms with van der Waals surface area (Å²) >= 11 is 0. The molecular formula is C65H129N2+. The van der Waals surface area contributed by atoms with Gasteiger partial charge in [-0.2, -0.15) is 0 Å². The van der Waals surface area contributed by atoms with Gasteiger partial charge in [-0.1, -0.05) is 328 Å². The second-order valence-electron chi connectivity index (χ2n) is 23.3. The van der Waals surface area contributed by atoms with Gasteiger partial charge in [0.05, 0.1) is 27.2 Å². The van der Waals surface area contributed by atoms with Crippen LogP contribution in [0.4, 0.5) is 0 Å². The summed E-state index contributed by atoms with van der Waals surface area (Å²) in [7, 11) is 4.94. The molecule has 0 fully saturated rings. The van der Waals surface area contributed by atoms with E-state index in [1.165, 1.54) is 337 Å². The van der Waals surface area contributed by atoms with Gasteiger partial charge in [-0.05, 0) is 57.1 Å². The largest absolute Gasteiger partial charge is 0.328 e. The fourth-order valence-corrected chi connectivity index (χ4v) is 10.7. The molecule has 0 spiro atoms. The first kappa shape index (κ1) is 66.1. The van der Waals surface area contributed by atoms with E-state index in [1.54, 1.807) is 0 Å². The molecule has 1 aromatic carbocycles. The lowest BCUT2D eigenvalue weighted by Gasteiger charge is -2.30. The Morgan fingerprint density at radius 3 is 0.776 bits per heavy atom. The van der Waals surface area contributed by atoms with Gasteiger partial charge in [0, 0.05) is 5.54 Å². The molecule has 1 atom stereocenters. The van der Waals surface area contributed by atoms with Crippen molar-refractivity contribution in [3.63, 3.8) is 0 Å². The predicted molar refractivity (Wildman–Crippen MR) is 308 cm³/mol. The van der Waals surface area contributed by atoms with Crippen LogP contribution in [0.15, 0.2) is 24.3 Å². The van der Waals surface area contributed by atoms with Gasteiger partial charge in [-0.15, -0.1) is 0 Å². The fourth-order valence-electron chi connectivity index (χ4n) is 10.7. The summed E-state index contributed by atoms with van der Waals surface area (Å²) < 4.78 is 1.25. The third-order valence-electron chi connectivity index (χ3n) is 15.5. The summed E-state index contributed by atoms with van der Waals surface area (Å²) in [6.45, 7) is 14.1. The lowest BCUT2D eigenvalue weighted by molar-refractivity contribution is -0.890. The van der Waals surface area contributed by atoms with Gasteiger partial charge >= 0.3 is 0 Å². The maximum absolute atomic E-state index is 6.60. The Morgan fingerprint density at radius 1 is 0.328 bits per heavy atom. The van der Waals surface area contributed by atoms with E-state index in [0.29, 0.717) is 0 Å². The van der Waals surface area contributed by atoms with Crippen LogP contribution in [0.2, 0.25) is 0 Å². The SMILES string of the molecule is CCCCCCCCCCCCCCCCCCC(C)(N)c1ccccc1C.CCCCCCCCCCCCCCCCCC[N+](C)(C)CCCCCCCCCCCCCCCCCC. The first-order valence-corrected chi connectivity index (χ1v) is 31.4. The Morgan fingerprint density at radius 2 is 0.537 bits per heavy atom. The molecule has 0 radical (unpaired) electrons. The zero-order valence-electron chi connectivity index (χ0n) is 47.9. The second-order valence-corrected chi connectivity index (χ2v) is 23.3. The van der Waals surface area contributed by atoms with Crippen molar-refractivity contribution < 1.29 is 4.48 Å². The number of nitrogens with zero attached hydrogens (tertiary/aromatic N) is 1. The summed E-state index contributed by atoms with van der Waals surface area (Å²) in [5.41, 5.74) is 9.06. The molecule has 67 heavy (non-hydrogen) atoms. The van der Waals surface area contributed by atoms with Gasteiger partial charge in [-0.25, -0.2) is 0 Å². The monoisotopic (exact) mass is 938 g/mol. The van der Waals surface area contributed by atoms with E-state index in [2.05, 4.69) is 73.0 Å². The van der Waals surface area contributed by atoms with Crippen LogP contribution < -0.4 is 5.73 Å². The summed E-state index contributed by atoms with van der Waals surface area (Å²) in [4.78, 5) is 0. The number of aryl methyl sites for hydroxylation is 1. The van der Waals surface area contributed by atoms with E-state index in [1.807, 2.05) is 0 Å². The lowest BCUT2D eigenvalue weighted by atomic mass is 9.85. The number of hydrogen-bond donors (Lipinski definition) is 1. The van der Waals surface area contributed by atoms with Crippen molar-refractivity contribution in [2.24, 2.45) is 5.73 Å². The summed E-state index contributed by atoms with van der Waals surface area (Å²) in [5.74, 6) is 0. The molecule has 0 saturated carbocycles. The van der Waals surface area contributed by atoms with Gasteiger partial charge in [0.1, 0.15) is 0 Å². The van der Waals surface area contributed by atoms with Crippen molar-refractivity contribution in [3.8, 4) is 0 Å². The van der Waals surface area contributed by atoms with Crippen molar-refractivity contribution in [1.82, 2.24) is 0 Å².